The van der Waals surface area contributed by atoms with Gasteiger partial charge < -0.3 is 14.8 Å². The fourth-order valence-corrected chi connectivity index (χ4v) is 2.14. The first kappa shape index (κ1) is 15.6. The Morgan fingerprint density at radius 3 is 2.67 bits per heavy atom. The number of methoxy groups -OCH3 is 1. The van der Waals surface area contributed by atoms with Crippen molar-refractivity contribution >= 4 is 11.6 Å². The quantitative estimate of drug-likeness (QED) is 0.880. The standard InChI is InChI=1S/C16H17ClFNO2/c1-19-9-11-3-5-14(20-2)8-16(11)21-10-12-7-13(17)4-6-15(12)18/h3-8,19H,9-10H2,1-2H3. The van der Waals surface area contributed by atoms with Crippen LogP contribution in [0, 0.1) is 5.82 Å². The van der Waals surface area contributed by atoms with E-state index in [1.54, 1.807) is 19.2 Å². The Morgan fingerprint density at radius 1 is 1.14 bits per heavy atom. The van der Waals surface area contributed by atoms with E-state index < -0.39 is 0 Å². The Labute approximate surface area is 128 Å². The lowest BCUT2D eigenvalue weighted by Gasteiger charge is -2.13. The topological polar surface area (TPSA) is 30.5 Å². The molecule has 1 N–H and O–H groups in total. The molecule has 0 saturated carbocycles. The highest BCUT2D eigenvalue weighted by Crippen LogP contribution is 2.26. The summed E-state index contributed by atoms with van der Waals surface area (Å²) in [6.07, 6.45) is 0. The van der Waals surface area contributed by atoms with Gasteiger partial charge in [0, 0.05) is 28.8 Å². The molecule has 0 aromatic heterocycles. The van der Waals surface area contributed by atoms with Crippen LogP contribution < -0.4 is 14.8 Å². The van der Waals surface area contributed by atoms with Gasteiger partial charge >= 0.3 is 0 Å². The van der Waals surface area contributed by atoms with Crippen molar-refractivity contribution in [3.8, 4) is 11.5 Å². The Bertz CT molecular complexity index is 619. The van der Waals surface area contributed by atoms with Crippen LogP contribution in [0.4, 0.5) is 4.39 Å². The number of nitrogens with one attached hydrogen (secondary N) is 1. The van der Waals surface area contributed by atoms with E-state index in [1.165, 1.54) is 12.1 Å². The van der Waals surface area contributed by atoms with Gasteiger partial charge in [0.15, 0.2) is 0 Å². The summed E-state index contributed by atoms with van der Waals surface area (Å²) in [6.45, 7) is 0.758. The minimum Gasteiger partial charge on any atom is -0.497 e. The van der Waals surface area contributed by atoms with Crippen LogP contribution in [0.2, 0.25) is 5.02 Å². The number of ether oxygens (including phenoxy) is 2. The summed E-state index contributed by atoms with van der Waals surface area (Å²) in [7, 11) is 3.44. The van der Waals surface area contributed by atoms with Crippen molar-refractivity contribution in [3.63, 3.8) is 0 Å². The van der Waals surface area contributed by atoms with Crippen LogP contribution in [0.25, 0.3) is 0 Å². The molecule has 0 aliphatic heterocycles. The molecule has 112 valence electrons. The molecule has 0 aliphatic rings. The Balaban J connectivity index is 2.19. The van der Waals surface area contributed by atoms with Crippen LogP contribution in [0.15, 0.2) is 36.4 Å². The van der Waals surface area contributed by atoms with Crippen molar-refractivity contribution in [1.82, 2.24) is 5.32 Å². The first-order valence-corrected chi connectivity index (χ1v) is 6.90. The van der Waals surface area contributed by atoms with Crippen LogP contribution in [0.5, 0.6) is 11.5 Å². The average molecular weight is 310 g/mol. The Morgan fingerprint density at radius 2 is 1.95 bits per heavy atom. The van der Waals surface area contributed by atoms with Crippen molar-refractivity contribution in [2.75, 3.05) is 14.2 Å². The van der Waals surface area contributed by atoms with Crippen molar-refractivity contribution in [3.05, 3.63) is 58.4 Å². The van der Waals surface area contributed by atoms with E-state index in [4.69, 9.17) is 21.1 Å². The van der Waals surface area contributed by atoms with Crippen LogP contribution in [0.1, 0.15) is 11.1 Å². The van der Waals surface area contributed by atoms with Gasteiger partial charge in [0.25, 0.3) is 0 Å². The second-order valence-corrected chi connectivity index (χ2v) is 4.96. The molecule has 0 unspecified atom stereocenters. The number of hydrogen-bond acceptors (Lipinski definition) is 3. The van der Waals surface area contributed by atoms with E-state index in [9.17, 15) is 4.39 Å². The summed E-state index contributed by atoms with van der Waals surface area (Å²) >= 11 is 5.88. The molecule has 0 heterocycles. The molecule has 0 bridgehead atoms. The molecule has 2 aromatic rings. The summed E-state index contributed by atoms with van der Waals surface area (Å²) in [6, 6.07) is 9.97. The third kappa shape index (κ3) is 4.09. The monoisotopic (exact) mass is 309 g/mol. The Kier molecular flexibility index (Phi) is 5.42. The lowest BCUT2D eigenvalue weighted by atomic mass is 10.2. The molecule has 2 rings (SSSR count). The van der Waals surface area contributed by atoms with Crippen LogP contribution in [0.3, 0.4) is 0 Å². The second-order valence-electron chi connectivity index (χ2n) is 4.53. The van der Waals surface area contributed by atoms with Crippen molar-refractivity contribution in [1.29, 1.82) is 0 Å². The molecule has 2 aromatic carbocycles. The number of hydrogen-bond donors (Lipinski definition) is 1. The van der Waals surface area contributed by atoms with Gasteiger partial charge in [0.1, 0.15) is 23.9 Å². The largest absolute Gasteiger partial charge is 0.497 e. The van der Waals surface area contributed by atoms with Gasteiger partial charge in [-0.05, 0) is 31.3 Å². The molecule has 0 spiro atoms. The fourth-order valence-electron chi connectivity index (χ4n) is 1.94. The van der Waals surface area contributed by atoms with Gasteiger partial charge in [0.2, 0.25) is 0 Å². The molecule has 0 amide bonds. The molecule has 0 aliphatic carbocycles. The SMILES string of the molecule is CNCc1ccc(OC)cc1OCc1cc(Cl)ccc1F. The third-order valence-electron chi connectivity index (χ3n) is 3.03. The third-order valence-corrected chi connectivity index (χ3v) is 3.27. The van der Waals surface area contributed by atoms with Gasteiger partial charge in [-0.25, -0.2) is 4.39 Å². The van der Waals surface area contributed by atoms with Crippen LogP contribution in [-0.4, -0.2) is 14.2 Å². The highest BCUT2D eigenvalue weighted by Gasteiger charge is 2.08. The first-order valence-electron chi connectivity index (χ1n) is 6.52. The summed E-state index contributed by atoms with van der Waals surface area (Å²) in [5.41, 5.74) is 1.39. The van der Waals surface area contributed by atoms with Crippen molar-refractivity contribution in [2.45, 2.75) is 13.2 Å². The molecule has 0 radical (unpaired) electrons. The molecular weight excluding hydrogens is 293 g/mol. The van der Waals surface area contributed by atoms with E-state index in [2.05, 4.69) is 5.32 Å². The van der Waals surface area contributed by atoms with Crippen molar-refractivity contribution in [2.24, 2.45) is 0 Å². The summed E-state index contributed by atoms with van der Waals surface area (Å²) in [5, 5.41) is 3.55. The van der Waals surface area contributed by atoms with Crippen molar-refractivity contribution < 1.29 is 13.9 Å². The summed E-state index contributed by atoms with van der Waals surface area (Å²) in [4.78, 5) is 0. The predicted octanol–water partition coefficient (Wildman–Crippen LogP) is 3.79. The number of benzene rings is 2. The first-order chi connectivity index (χ1) is 10.1. The normalized spacial score (nSPS) is 10.5. The highest BCUT2D eigenvalue weighted by atomic mass is 35.5. The lowest BCUT2D eigenvalue weighted by molar-refractivity contribution is 0.294. The van der Waals surface area contributed by atoms with E-state index in [0.717, 1.165) is 5.56 Å². The fraction of sp³-hybridized carbons (Fsp3) is 0.250. The van der Waals surface area contributed by atoms with Crippen LogP contribution >= 0.6 is 11.6 Å². The average Bonchev–Trinajstić information content (AvgIpc) is 2.49. The van der Waals surface area contributed by atoms with Gasteiger partial charge in [-0.1, -0.05) is 17.7 Å². The van der Waals surface area contributed by atoms with Gasteiger partial charge in [0.05, 0.1) is 7.11 Å². The minimum atomic E-state index is -0.336. The predicted molar refractivity (Wildman–Crippen MR) is 81.5 cm³/mol. The smallest absolute Gasteiger partial charge is 0.129 e. The molecule has 0 atom stereocenters. The van der Waals surface area contributed by atoms with Gasteiger partial charge in [-0.15, -0.1) is 0 Å². The maximum Gasteiger partial charge on any atom is 0.129 e. The number of rotatable bonds is 6. The van der Waals surface area contributed by atoms with Crippen LogP contribution in [-0.2, 0) is 13.2 Å². The summed E-state index contributed by atoms with van der Waals surface area (Å²) in [5.74, 6) is 1.01. The molecule has 3 nitrogen and oxygen atoms in total. The summed E-state index contributed by atoms with van der Waals surface area (Å²) < 4.78 is 24.6. The zero-order chi connectivity index (χ0) is 15.2. The Hall–Kier alpha value is -1.78. The molecule has 0 saturated heterocycles. The molecule has 5 heteroatoms. The van der Waals surface area contributed by atoms with E-state index in [-0.39, 0.29) is 12.4 Å². The molecular formula is C16H17ClFNO2. The van der Waals surface area contributed by atoms with Gasteiger partial charge in [-0.2, -0.15) is 0 Å². The maximum atomic E-state index is 13.7. The second kappa shape index (κ2) is 7.29. The number of halogens is 2. The highest BCUT2D eigenvalue weighted by molar-refractivity contribution is 6.30. The van der Waals surface area contributed by atoms with Gasteiger partial charge in [-0.3, -0.25) is 0 Å². The minimum absolute atomic E-state index is 0.107. The van der Waals surface area contributed by atoms with E-state index in [1.807, 2.05) is 19.2 Å². The lowest BCUT2D eigenvalue weighted by Crippen LogP contribution is -2.08. The van der Waals surface area contributed by atoms with E-state index in [0.29, 0.717) is 28.6 Å². The zero-order valence-electron chi connectivity index (χ0n) is 12.0. The maximum absolute atomic E-state index is 13.7. The molecule has 21 heavy (non-hydrogen) atoms. The van der Waals surface area contributed by atoms with E-state index >= 15 is 0 Å². The molecule has 0 fully saturated rings. The zero-order valence-corrected chi connectivity index (χ0v) is 12.7.